The van der Waals surface area contributed by atoms with Crippen LogP contribution >= 0.6 is 0 Å². The SMILES string of the molecule is O=C(NN=CCCC1CCN(Cc2ccccc2)CC1)c1ccccn1. The highest BCUT2D eigenvalue weighted by atomic mass is 16.2. The molecule has 0 saturated carbocycles. The van der Waals surface area contributed by atoms with Crippen molar-refractivity contribution < 1.29 is 4.79 Å². The largest absolute Gasteiger partial charge is 0.299 e. The number of carbonyl (C=O) groups excluding carboxylic acids is 1. The van der Waals surface area contributed by atoms with Crippen LogP contribution < -0.4 is 5.43 Å². The monoisotopic (exact) mass is 350 g/mol. The molecule has 1 aliphatic heterocycles. The van der Waals surface area contributed by atoms with Crippen LogP contribution in [0.1, 0.15) is 41.7 Å². The highest BCUT2D eigenvalue weighted by Crippen LogP contribution is 2.22. The number of rotatable bonds is 7. The van der Waals surface area contributed by atoms with Crippen LogP contribution in [0.2, 0.25) is 0 Å². The van der Waals surface area contributed by atoms with Crippen molar-refractivity contribution in [2.75, 3.05) is 13.1 Å². The Morgan fingerprint density at radius 1 is 1.15 bits per heavy atom. The van der Waals surface area contributed by atoms with E-state index < -0.39 is 0 Å². The summed E-state index contributed by atoms with van der Waals surface area (Å²) < 4.78 is 0. The third-order valence-electron chi connectivity index (χ3n) is 4.82. The number of benzene rings is 1. The predicted octanol–water partition coefficient (Wildman–Crippen LogP) is 3.49. The number of hydrazone groups is 1. The molecule has 0 spiro atoms. The Morgan fingerprint density at radius 2 is 1.92 bits per heavy atom. The Labute approximate surface area is 155 Å². The van der Waals surface area contributed by atoms with Gasteiger partial charge in [0.2, 0.25) is 0 Å². The van der Waals surface area contributed by atoms with Gasteiger partial charge in [0, 0.05) is 19.0 Å². The molecule has 1 fully saturated rings. The van der Waals surface area contributed by atoms with Crippen LogP contribution in [-0.2, 0) is 6.54 Å². The number of hydrogen-bond acceptors (Lipinski definition) is 4. The number of likely N-dealkylation sites (tertiary alicyclic amines) is 1. The van der Waals surface area contributed by atoms with E-state index in [9.17, 15) is 4.79 Å². The van der Waals surface area contributed by atoms with Crippen LogP contribution in [0.25, 0.3) is 0 Å². The highest BCUT2D eigenvalue weighted by molar-refractivity contribution is 5.92. The quantitative estimate of drug-likeness (QED) is 0.614. The lowest BCUT2D eigenvalue weighted by Gasteiger charge is -2.31. The van der Waals surface area contributed by atoms with Gasteiger partial charge in [-0.25, -0.2) is 5.43 Å². The zero-order valence-electron chi connectivity index (χ0n) is 15.1. The van der Waals surface area contributed by atoms with Gasteiger partial charge in [-0.1, -0.05) is 36.4 Å². The Hall–Kier alpha value is -2.53. The third kappa shape index (κ3) is 5.77. The first kappa shape index (κ1) is 18.3. The Balaban J connectivity index is 1.31. The van der Waals surface area contributed by atoms with Crippen molar-refractivity contribution in [2.45, 2.75) is 32.2 Å². The normalized spacial score (nSPS) is 16.0. The molecule has 2 heterocycles. The second-order valence-corrected chi connectivity index (χ2v) is 6.75. The van der Waals surface area contributed by atoms with Crippen molar-refractivity contribution in [2.24, 2.45) is 11.0 Å². The zero-order valence-corrected chi connectivity index (χ0v) is 15.1. The van der Waals surface area contributed by atoms with E-state index >= 15 is 0 Å². The standard InChI is InChI=1S/C21H26N4O/c26-21(20-10-4-5-13-22-20)24-23-14-6-9-18-11-15-25(16-12-18)17-19-7-2-1-3-8-19/h1-5,7-8,10,13-14,18H,6,9,11-12,15-17H2,(H,24,26). The molecular formula is C21H26N4O. The molecule has 1 N–H and O–H groups in total. The summed E-state index contributed by atoms with van der Waals surface area (Å²) in [7, 11) is 0. The Kier molecular flexibility index (Phi) is 6.90. The van der Waals surface area contributed by atoms with Gasteiger partial charge in [0.05, 0.1) is 0 Å². The first-order chi connectivity index (χ1) is 12.8. The molecule has 1 aromatic heterocycles. The molecule has 0 unspecified atom stereocenters. The van der Waals surface area contributed by atoms with Gasteiger partial charge in [0.15, 0.2) is 0 Å². The molecule has 0 aliphatic carbocycles. The minimum atomic E-state index is -0.268. The van der Waals surface area contributed by atoms with Crippen LogP contribution in [0.15, 0.2) is 59.8 Å². The fraction of sp³-hybridized carbons (Fsp3) is 0.381. The molecule has 5 nitrogen and oxygen atoms in total. The topological polar surface area (TPSA) is 57.6 Å². The fourth-order valence-corrected chi connectivity index (χ4v) is 3.31. The second-order valence-electron chi connectivity index (χ2n) is 6.75. The van der Waals surface area contributed by atoms with E-state index in [1.165, 1.54) is 18.4 Å². The van der Waals surface area contributed by atoms with Crippen LogP contribution in [0.3, 0.4) is 0 Å². The van der Waals surface area contributed by atoms with Crippen molar-refractivity contribution in [1.29, 1.82) is 0 Å². The molecular weight excluding hydrogens is 324 g/mol. The van der Waals surface area contributed by atoms with E-state index in [1.807, 2.05) is 0 Å². The summed E-state index contributed by atoms with van der Waals surface area (Å²) >= 11 is 0. The lowest BCUT2D eigenvalue weighted by Crippen LogP contribution is -2.33. The fourth-order valence-electron chi connectivity index (χ4n) is 3.31. The van der Waals surface area contributed by atoms with Crippen LogP contribution in [0.5, 0.6) is 0 Å². The molecule has 1 aromatic carbocycles. The molecule has 0 radical (unpaired) electrons. The number of aromatic nitrogens is 1. The van der Waals surface area contributed by atoms with Gasteiger partial charge in [0.25, 0.3) is 5.91 Å². The lowest BCUT2D eigenvalue weighted by atomic mass is 9.92. The predicted molar refractivity (Wildman–Crippen MR) is 104 cm³/mol. The average Bonchev–Trinajstić information content (AvgIpc) is 2.70. The van der Waals surface area contributed by atoms with Gasteiger partial charge in [-0.15, -0.1) is 0 Å². The second kappa shape index (κ2) is 9.82. The third-order valence-corrected chi connectivity index (χ3v) is 4.82. The van der Waals surface area contributed by atoms with E-state index in [0.29, 0.717) is 5.69 Å². The minimum Gasteiger partial charge on any atom is -0.299 e. The molecule has 1 amide bonds. The maximum absolute atomic E-state index is 11.8. The number of nitrogens with one attached hydrogen (secondary N) is 1. The maximum atomic E-state index is 11.8. The molecule has 1 saturated heterocycles. The summed E-state index contributed by atoms with van der Waals surface area (Å²) in [6.07, 6.45) is 7.90. The average molecular weight is 350 g/mol. The number of piperidine rings is 1. The van der Waals surface area contributed by atoms with Gasteiger partial charge < -0.3 is 0 Å². The van der Waals surface area contributed by atoms with Gasteiger partial charge in [-0.2, -0.15) is 5.10 Å². The Bertz CT molecular complexity index is 694. The summed E-state index contributed by atoms with van der Waals surface area (Å²) in [6, 6.07) is 15.9. The molecule has 0 bridgehead atoms. The molecule has 5 heteroatoms. The first-order valence-corrected chi connectivity index (χ1v) is 9.30. The van der Waals surface area contributed by atoms with Crippen LogP contribution in [-0.4, -0.2) is 35.1 Å². The lowest BCUT2D eigenvalue weighted by molar-refractivity contribution is 0.0950. The van der Waals surface area contributed by atoms with Gasteiger partial charge in [0.1, 0.15) is 5.69 Å². The summed E-state index contributed by atoms with van der Waals surface area (Å²) in [5.74, 6) is 0.482. The maximum Gasteiger partial charge on any atom is 0.289 e. The van der Waals surface area contributed by atoms with Gasteiger partial charge in [-0.3, -0.25) is 14.7 Å². The van der Waals surface area contributed by atoms with E-state index in [1.54, 1.807) is 30.6 Å². The van der Waals surface area contributed by atoms with Crippen LogP contribution in [0, 0.1) is 5.92 Å². The van der Waals surface area contributed by atoms with E-state index in [4.69, 9.17) is 0 Å². The number of hydrogen-bond donors (Lipinski definition) is 1. The number of nitrogens with zero attached hydrogens (tertiary/aromatic N) is 3. The van der Waals surface area contributed by atoms with E-state index in [2.05, 4.69) is 50.7 Å². The molecule has 3 rings (SSSR count). The van der Waals surface area contributed by atoms with Crippen molar-refractivity contribution in [3.8, 4) is 0 Å². The smallest absolute Gasteiger partial charge is 0.289 e. The Morgan fingerprint density at radius 3 is 2.65 bits per heavy atom. The molecule has 0 atom stereocenters. The van der Waals surface area contributed by atoms with Gasteiger partial charge >= 0.3 is 0 Å². The minimum absolute atomic E-state index is 0.268. The van der Waals surface area contributed by atoms with Crippen molar-refractivity contribution in [3.63, 3.8) is 0 Å². The molecule has 2 aromatic rings. The number of amides is 1. The summed E-state index contributed by atoms with van der Waals surface area (Å²) in [5, 5.41) is 4.03. The number of pyridine rings is 1. The van der Waals surface area contributed by atoms with E-state index in [-0.39, 0.29) is 5.91 Å². The number of carbonyl (C=O) groups is 1. The van der Waals surface area contributed by atoms with Crippen molar-refractivity contribution in [1.82, 2.24) is 15.3 Å². The molecule has 1 aliphatic rings. The van der Waals surface area contributed by atoms with E-state index in [0.717, 1.165) is 38.4 Å². The highest BCUT2D eigenvalue weighted by Gasteiger charge is 2.18. The van der Waals surface area contributed by atoms with Crippen LogP contribution in [0.4, 0.5) is 0 Å². The summed E-state index contributed by atoms with van der Waals surface area (Å²) in [6.45, 7) is 3.37. The van der Waals surface area contributed by atoms with Crippen molar-refractivity contribution >= 4 is 12.1 Å². The summed E-state index contributed by atoms with van der Waals surface area (Å²) in [4.78, 5) is 18.3. The first-order valence-electron chi connectivity index (χ1n) is 9.30. The summed E-state index contributed by atoms with van der Waals surface area (Å²) in [5.41, 5.74) is 4.31. The zero-order chi connectivity index (χ0) is 18.0. The van der Waals surface area contributed by atoms with Gasteiger partial charge in [-0.05, 0) is 62.4 Å². The molecule has 26 heavy (non-hydrogen) atoms. The van der Waals surface area contributed by atoms with Crippen molar-refractivity contribution in [3.05, 3.63) is 66.0 Å². The molecule has 136 valence electrons.